The minimum atomic E-state index is 0.610. The molecule has 1 N–H and O–H groups in total. The van der Waals surface area contributed by atoms with Crippen molar-refractivity contribution in [1.82, 2.24) is 15.0 Å². The van der Waals surface area contributed by atoms with E-state index in [0.717, 1.165) is 40.0 Å². The smallest absolute Gasteiger partial charge is 0.226 e. The molecule has 0 radical (unpaired) electrons. The summed E-state index contributed by atoms with van der Waals surface area (Å²) in [7, 11) is 1.65. The fourth-order valence-corrected chi connectivity index (χ4v) is 3.70. The van der Waals surface area contributed by atoms with Gasteiger partial charge in [0.15, 0.2) is 5.16 Å². The monoisotopic (exact) mass is 391 g/mol. The van der Waals surface area contributed by atoms with E-state index in [-0.39, 0.29) is 0 Å². The van der Waals surface area contributed by atoms with Crippen LogP contribution in [0.3, 0.4) is 0 Å². The van der Waals surface area contributed by atoms with E-state index in [2.05, 4.69) is 41.2 Å². The molecule has 0 aliphatic carbocycles. The Hall–Kier alpha value is -2.99. The number of hydrogen-bond donors (Lipinski definition) is 1. The summed E-state index contributed by atoms with van der Waals surface area (Å²) in [6.45, 7) is 2.06. The number of oxazole rings is 1. The number of aryl methyl sites for hydroxylation is 1. The van der Waals surface area contributed by atoms with Crippen LogP contribution in [0, 0.1) is 6.92 Å². The lowest BCUT2D eigenvalue weighted by molar-refractivity contribution is 0.415. The standard InChI is InChI=1S/C22H21N3O2S/c1-15-20(12-16-6-4-3-5-7-16)25-22(23-15)28-14-18-13-27-21(24-18)17-8-10-19(26-2)11-9-17/h3-11,13H,12,14H2,1-2H3,(H,23,25). The summed E-state index contributed by atoms with van der Waals surface area (Å²) in [6, 6.07) is 18.0. The van der Waals surface area contributed by atoms with E-state index < -0.39 is 0 Å². The van der Waals surface area contributed by atoms with Gasteiger partial charge >= 0.3 is 0 Å². The average Bonchev–Trinajstić information content (AvgIpc) is 3.34. The normalized spacial score (nSPS) is 10.9. The first-order valence-corrected chi connectivity index (χ1v) is 10.0. The lowest BCUT2D eigenvalue weighted by Crippen LogP contribution is -1.90. The maximum Gasteiger partial charge on any atom is 0.226 e. The highest BCUT2D eigenvalue weighted by molar-refractivity contribution is 7.98. The predicted molar refractivity (Wildman–Crippen MR) is 111 cm³/mol. The zero-order chi connectivity index (χ0) is 19.3. The van der Waals surface area contributed by atoms with Gasteiger partial charge in [-0.1, -0.05) is 42.1 Å². The maximum atomic E-state index is 5.62. The van der Waals surface area contributed by atoms with Crippen LogP contribution in [-0.2, 0) is 12.2 Å². The van der Waals surface area contributed by atoms with Gasteiger partial charge < -0.3 is 14.1 Å². The van der Waals surface area contributed by atoms with Crippen LogP contribution in [0.5, 0.6) is 5.75 Å². The second kappa shape index (κ2) is 8.35. The van der Waals surface area contributed by atoms with E-state index in [1.165, 1.54) is 5.56 Å². The fraction of sp³-hybridized carbons (Fsp3) is 0.182. The lowest BCUT2D eigenvalue weighted by atomic mass is 10.1. The van der Waals surface area contributed by atoms with Crippen molar-refractivity contribution in [3.8, 4) is 17.2 Å². The van der Waals surface area contributed by atoms with E-state index in [1.807, 2.05) is 30.3 Å². The van der Waals surface area contributed by atoms with Crippen LogP contribution in [0.4, 0.5) is 0 Å². The highest BCUT2D eigenvalue weighted by atomic mass is 32.2. The average molecular weight is 391 g/mol. The largest absolute Gasteiger partial charge is 0.497 e. The molecule has 0 aliphatic heterocycles. The van der Waals surface area contributed by atoms with Crippen molar-refractivity contribution in [3.05, 3.63) is 83.5 Å². The molecule has 2 aromatic carbocycles. The van der Waals surface area contributed by atoms with E-state index in [1.54, 1.807) is 25.1 Å². The van der Waals surface area contributed by atoms with Gasteiger partial charge in [-0.05, 0) is 36.8 Å². The van der Waals surface area contributed by atoms with Crippen molar-refractivity contribution in [2.24, 2.45) is 0 Å². The van der Waals surface area contributed by atoms with Gasteiger partial charge in [-0.15, -0.1) is 0 Å². The molecule has 4 rings (SSSR count). The molecular weight excluding hydrogens is 370 g/mol. The molecule has 4 aromatic rings. The summed E-state index contributed by atoms with van der Waals surface area (Å²) in [5.74, 6) is 2.11. The Labute approximate surface area is 168 Å². The van der Waals surface area contributed by atoms with Gasteiger partial charge in [0, 0.05) is 23.4 Å². The number of benzene rings is 2. The van der Waals surface area contributed by atoms with Gasteiger partial charge in [-0.25, -0.2) is 9.97 Å². The summed E-state index contributed by atoms with van der Waals surface area (Å²) in [5.41, 5.74) is 5.25. The number of aromatic amines is 1. The topological polar surface area (TPSA) is 63.9 Å². The van der Waals surface area contributed by atoms with Crippen LogP contribution in [0.1, 0.15) is 22.6 Å². The number of nitrogens with zero attached hydrogens (tertiary/aromatic N) is 2. The molecule has 142 valence electrons. The van der Waals surface area contributed by atoms with Crippen molar-refractivity contribution >= 4 is 11.8 Å². The number of aromatic nitrogens is 3. The molecule has 0 amide bonds. The summed E-state index contributed by atoms with van der Waals surface area (Å²) in [6.07, 6.45) is 2.53. The third-order valence-electron chi connectivity index (χ3n) is 4.42. The number of hydrogen-bond acceptors (Lipinski definition) is 5. The molecule has 2 aromatic heterocycles. The Bertz CT molecular complexity index is 1040. The van der Waals surface area contributed by atoms with Crippen molar-refractivity contribution in [2.45, 2.75) is 24.3 Å². The number of nitrogens with one attached hydrogen (secondary N) is 1. The van der Waals surface area contributed by atoms with Crippen molar-refractivity contribution in [2.75, 3.05) is 7.11 Å². The van der Waals surface area contributed by atoms with Crippen LogP contribution in [-0.4, -0.2) is 22.1 Å². The second-order valence-electron chi connectivity index (χ2n) is 6.44. The Kier molecular flexibility index (Phi) is 5.48. The molecule has 0 aliphatic rings. The molecular formula is C22H21N3O2S. The molecule has 0 unspecified atom stereocenters. The number of ether oxygens (including phenoxy) is 1. The second-order valence-corrected chi connectivity index (χ2v) is 7.40. The Morgan fingerprint density at radius 2 is 1.82 bits per heavy atom. The predicted octanol–water partition coefficient (Wildman–Crippen LogP) is 5.26. The SMILES string of the molecule is COc1ccc(-c2nc(CSc3nc(Cc4ccccc4)c(C)[nH]3)co2)cc1. The number of thioether (sulfide) groups is 1. The van der Waals surface area contributed by atoms with E-state index in [9.17, 15) is 0 Å². The molecule has 5 nitrogen and oxygen atoms in total. The number of methoxy groups -OCH3 is 1. The highest BCUT2D eigenvalue weighted by Gasteiger charge is 2.11. The van der Waals surface area contributed by atoms with Crippen LogP contribution < -0.4 is 4.74 Å². The third-order valence-corrected chi connectivity index (χ3v) is 5.33. The number of rotatable bonds is 7. The molecule has 0 fully saturated rings. The van der Waals surface area contributed by atoms with Crippen LogP contribution in [0.2, 0.25) is 0 Å². The summed E-state index contributed by atoms with van der Waals surface area (Å²) < 4.78 is 10.8. The lowest BCUT2D eigenvalue weighted by Gasteiger charge is -1.99. The van der Waals surface area contributed by atoms with Crippen LogP contribution in [0.25, 0.3) is 11.5 Å². The quantitative estimate of drug-likeness (QED) is 0.435. The minimum absolute atomic E-state index is 0.610. The molecule has 0 bridgehead atoms. The molecule has 0 saturated carbocycles. The van der Waals surface area contributed by atoms with Crippen molar-refractivity contribution in [3.63, 3.8) is 0 Å². The molecule has 0 atom stereocenters. The molecule has 28 heavy (non-hydrogen) atoms. The third kappa shape index (κ3) is 4.28. The minimum Gasteiger partial charge on any atom is -0.497 e. The first kappa shape index (κ1) is 18.4. The highest BCUT2D eigenvalue weighted by Crippen LogP contribution is 2.26. The summed E-state index contributed by atoms with van der Waals surface area (Å²) >= 11 is 1.62. The summed E-state index contributed by atoms with van der Waals surface area (Å²) in [4.78, 5) is 12.7. The zero-order valence-electron chi connectivity index (χ0n) is 15.8. The Balaban J connectivity index is 1.39. The van der Waals surface area contributed by atoms with E-state index in [0.29, 0.717) is 11.6 Å². The van der Waals surface area contributed by atoms with Crippen LogP contribution in [0.15, 0.2) is 70.4 Å². The van der Waals surface area contributed by atoms with Gasteiger partial charge in [0.05, 0.1) is 18.5 Å². The molecule has 2 heterocycles. The van der Waals surface area contributed by atoms with Gasteiger partial charge in [0.25, 0.3) is 0 Å². The van der Waals surface area contributed by atoms with Crippen molar-refractivity contribution < 1.29 is 9.15 Å². The van der Waals surface area contributed by atoms with Gasteiger partial charge in [-0.3, -0.25) is 0 Å². The Morgan fingerprint density at radius 3 is 2.57 bits per heavy atom. The Morgan fingerprint density at radius 1 is 1.04 bits per heavy atom. The number of imidazole rings is 1. The number of H-pyrrole nitrogens is 1. The maximum absolute atomic E-state index is 5.62. The van der Waals surface area contributed by atoms with E-state index >= 15 is 0 Å². The van der Waals surface area contributed by atoms with Gasteiger partial charge in [0.2, 0.25) is 5.89 Å². The first-order chi connectivity index (χ1) is 13.7. The summed E-state index contributed by atoms with van der Waals surface area (Å²) in [5, 5.41) is 0.900. The molecule has 6 heteroatoms. The first-order valence-electron chi connectivity index (χ1n) is 9.02. The zero-order valence-corrected chi connectivity index (χ0v) is 16.6. The fourth-order valence-electron chi connectivity index (χ4n) is 2.88. The van der Waals surface area contributed by atoms with E-state index in [4.69, 9.17) is 14.1 Å². The van der Waals surface area contributed by atoms with Gasteiger partial charge in [-0.2, -0.15) is 0 Å². The van der Waals surface area contributed by atoms with Crippen LogP contribution >= 0.6 is 11.8 Å². The van der Waals surface area contributed by atoms with Gasteiger partial charge in [0.1, 0.15) is 12.0 Å². The molecule has 0 spiro atoms. The molecule has 0 saturated heterocycles. The van der Waals surface area contributed by atoms with Crippen molar-refractivity contribution in [1.29, 1.82) is 0 Å².